The summed E-state index contributed by atoms with van der Waals surface area (Å²) in [4.78, 5) is 13.1. The number of carbonyl (C=O) groups is 1. The first-order valence-electron chi connectivity index (χ1n) is 17.1. The van der Waals surface area contributed by atoms with E-state index in [0.29, 0.717) is 17.5 Å². The molecule has 0 amide bonds. The predicted octanol–water partition coefficient (Wildman–Crippen LogP) is 10.1. The number of rotatable bonds is 24. The van der Waals surface area contributed by atoms with Gasteiger partial charge in [-0.2, -0.15) is 0 Å². The van der Waals surface area contributed by atoms with Crippen LogP contribution in [0.3, 0.4) is 0 Å². The van der Waals surface area contributed by atoms with Crippen LogP contribution >= 0.6 is 0 Å². The summed E-state index contributed by atoms with van der Waals surface area (Å²) in [6, 6.07) is 18.7. The second-order valence-electron chi connectivity index (χ2n) is 12.9. The van der Waals surface area contributed by atoms with Gasteiger partial charge in [-0.15, -0.1) is 0 Å². The van der Waals surface area contributed by atoms with Gasteiger partial charge in [-0.05, 0) is 43.9 Å². The lowest BCUT2D eigenvalue weighted by Crippen LogP contribution is -2.52. The molecule has 42 heavy (non-hydrogen) atoms. The average Bonchev–Trinajstić information content (AvgIpc) is 2.96. The van der Waals surface area contributed by atoms with Gasteiger partial charge in [0.1, 0.15) is 12.3 Å². The van der Waals surface area contributed by atoms with Crippen LogP contribution in [-0.4, -0.2) is 43.3 Å². The number of esters is 1. The van der Waals surface area contributed by atoms with Crippen LogP contribution in [0.5, 0.6) is 5.75 Å². The Bertz CT molecular complexity index is 958. The summed E-state index contributed by atoms with van der Waals surface area (Å²) in [7, 11) is 4.26. The standard InChI is InChI=1S/C38H62NO3/c1-6-8-9-10-11-12-13-14-15-16-17-19-24-34-27-22-28-36(31-34)42-33(3)29-30-41-38(40)37(23-7-2)39(4,5)32-35-25-20-18-21-26-35/h18,20-22,25-28,31,33,37H,6-17,19,23-24,29-30,32H2,1-5H3/q+1. The van der Waals surface area contributed by atoms with Gasteiger partial charge in [-0.25, -0.2) is 4.79 Å². The second kappa shape index (κ2) is 21.4. The molecule has 0 radical (unpaired) electrons. The lowest BCUT2D eigenvalue weighted by Gasteiger charge is -2.36. The van der Waals surface area contributed by atoms with Crippen LogP contribution in [-0.2, 0) is 22.5 Å². The molecule has 0 spiro atoms. The lowest BCUT2D eigenvalue weighted by atomic mass is 10.0. The Kier molecular flexibility index (Phi) is 18.3. The van der Waals surface area contributed by atoms with E-state index in [0.717, 1.165) is 31.6 Å². The summed E-state index contributed by atoms with van der Waals surface area (Å²) in [6.45, 7) is 7.65. The van der Waals surface area contributed by atoms with Crippen molar-refractivity contribution in [3.63, 3.8) is 0 Å². The summed E-state index contributed by atoms with van der Waals surface area (Å²) in [6.07, 6.45) is 20.1. The van der Waals surface area contributed by atoms with E-state index in [9.17, 15) is 4.79 Å². The lowest BCUT2D eigenvalue weighted by molar-refractivity contribution is -0.920. The number of carbonyl (C=O) groups excluding carboxylic acids is 1. The number of hydrogen-bond acceptors (Lipinski definition) is 3. The number of likely N-dealkylation sites (N-methyl/N-ethyl adjacent to an activating group) is 1. The molecule has 4 heteroatoms. The quantitative estimate of drug-likeness (QED) is 0.0704. The van der Waals surface area contributed by atoms with Crippen LogP contribution in [0.25, 0.3) is 0 Å². The predicted molar refractivity (Wildman–Crippen MR) is 178 cm³/mol. The van der Waals surface area contributed by atoms with Crippen molar-refractivity contribution in [1.29, 1.82) is 0 Å². The Balaban J connectivity index is 1.65. The summed E-state index contributed by atoms with van der Waals surface area (Å²) in [5.74, 6) is 0.809. The van der Waals surface area contributed by atoms with Crippen molar-refractivity contribution >= 4 is 5.97 Å². The highest BCUT2D eigenvalue weighted by atomic mass is 16.5. The Morgan fingerprint density at radius 1 is 0.714 bits per heavy atom. The highest BCUT2D eigenvalue weighted by molar-refractivity contribution is 5.74. The van der Waals surface area contributed by atoms with Crippen molar-refractivity contribution in [3.8, 4) is 5.75 Å². The third-order valence-corrected chi connectivity index (χ3v) is 8.43. The first-order valence-corrected chi connectivity index (χ1v) is 17.1. The van der Waals surface area contributed by atoms with Crippen molar-refractivity contribution in [2.24, 2.45) is 0 Å². The third-order valence-electron chi connectivity index (χ3n) is 8.43. The molecule has 0 aliphatic heterocycles. The molecule has 236 valence electrons. The highest BCUT2D eigenvalue weighted by Crippen LogP contribution is 2.21. The van der Waals surface area contributed by atoms with Crippen LogP contribution in [0.15, 0.2) is 54.6 Å². The minimum absolute atomic E-state index is 0.0175. The molecular weight excluding hydrogens is 518 g/mol. The zero-order valence-electron chi connectivity index (χ0n) is 27.8. The molecule has 0 fully saturated rings. The highest BCUT2D eigenvalue weighted by Gasteiger charge is 2.35. The van der Waals surface area contributed by atoms with Gasteiger partial charge >= 0.3 is 5.97 Å². The largest absolute Gasteiger partial charge is 0.491 e. The second-order valence-corrected chi connectivity index (χ2v) is 12.9. The number of benzene rings is 2. The fourth-order valence-corrected chi connectivity index (χ4v) is 5.85. The molecule has 0 N–H and O–H groups in total. The maximum atomic E-state index is 13.1. The van der Waals surface area contributed by atoms with E-state index in [1.54, 1.807) is 0 Å². The Morgan fingerprint density at radius 2 is 1.31 bits per heavy atom. The van der Waals surface area contributed by atoms with Crippen molar-refractivity contribution in [1.82, 2.24) is 0 Å². The fourth-order valence-electron chi connectivity index (χ4n) is 5.85. The molecule has 2 aromatic rings. The smallest absolute Gasteiger partial charge is 0.364 e. The number of unbranched alkanes of at least 4 members (excludes halogenated alkanes) is 11. The van der Waals surface area contributed by atoms with Gasteiger partial charge in [-0.3, -0.25) is 0 Å². The number of ether oxygens (including phenoxy) is 2. The first-order chi connectivity index (χ1) is 20.4. The van der Waals surface area contributed by atoms with E-state index < -0.39 is 0 Å². The summed E-state index contributed by atoms with van der Waals surface area (Å²) in [5.41, 5.74) is 2.58. The molecule has 2 atom stereocenters. The van der Waals surface area contributed by atoms with Crippen LogP contribution in [0, 0.1) is 0 Å². The molecule has 0 heterocycles. The summed E-state index contributed by atoms with van der Waals surface area (Å²) < 4.78 is 12.6. The van der Waals surface area contributed by atoms with E-state index in [1.165, 1.54) is 88.2 Å². The van der Waals surface area contributed by atoms with Gasteiger partial charge < -0.3 is 14.0 Å². The van der Waals surface area contributed by atoms with Crippen molar-refractivity contribution in [2.75, 3.05) is 20.7 Å². The molecule has 2 rings (SSSR count). The van der Waals surface area contributed by atoms with Crippen molar-refractivity contribution in [2.45, 2.75) is 142 Å². The van der Waals surface area contributed by atoms with E-state index in [1.807, 2.05) is 12.1 Å². The number of quaternary nitrogens is 1. The Labute approximate surface area is 258 Å². The molecular formula is C38H62NO3+. The maximum absolute atomic E-state index is 13.1. The van der Waals surface area contributed by atoms with Crippen molar-refractivity contribution < 1.29 is 18.8 Å². The molecule has 0 aromatic heterocycles. The van der Waals surface area contributed by atoms with Crippen LogP contribution in [0.1, 0.15) is 128 Å². The maximum Gasteiger partial charge on any atom is 0.364 e. The van der Waals surface area contributed by atoms with Gasteiger partial charge in [0.2, 0.25) is 0 Å². The summed E-state index contributed by atoms with van der Waals surface area (Å²) >= 11 is 0. The molecule has 4 nitrogen and oxygen atoms in total. The minimum atomic E-state index is -0.177. The average molecular weight is 581 g/mol. The molecule has 0 saturated heterocycles. The van der Waals surface area contributed by atoms with Crippen LogP contribution in [0.4, 0.5) is 0 Å². The SMILES string of the molecule is CCCCCCCCCCCCCCc1cccc(OC(C)CCOC(=O)C(CCC)[N+](C)(C)Cc2ccccc2)c1. The van der Waals surface area contributed by atoms with E-state index in [4.69, 9.17) is 9.47 Å². The van der Waals surface area contributed by atoms with Gasteiger partial charge in [0.15, 0.2) is 6.04 Å². The molecule has 2 unspecified atom stereocenters. The number of aryl methyl sites for hydroxylation is 1. The fraction of sp³-hybridized carbons (Fsp3) is 0.658. The Morgan fingerprint density at radius 3 is 1.93 bits per heavy atom. The topological polar surface area (TPSA) is 35.5 Å². The van der Waals surface area contributed by atoms with Crippen LogP contribution in [0.2, 0.25) is 0 Å². The number of hydrogen-bond donors (Lipinski definition) is 0. The molecule has 0 aliphatic carbocycles. The zero-order valence-corrected chi connectivity index (χ0v) is 27.8. The van der Waals surface area contributed by atoms with Gasteiger partial charge in [0.25, 0.3) is 0 Å². The molecule has 2 aromatic carbocycles. The van der Waals surface area contributed by atoms with E-state index >= 15 is 0 Å². The Hall–Kier alpha value is -2.33. The first kappa shape index (κ1) is 35.9. The normalized spacial score (nSPS) is 13.1. The van der Waals surface area contributed by atoms with Crippen LogP contribution < -0.4 is 4.74 Å². The minimum Gasteiger partial charge on any atom is -0.491 e. The van der Waals surface area contributed by atoms with Gasteiger partial charge in [0, 0.05) is 18.4 Å². The van der Waals surface area contributed by atoms with Crippen molar-refractivity contribution in [3.05, 3.63) is 65.7 Å². The third kappa shape index (κ3) is 15.2. The number of nitrogens with zero attached hydrogens (tertiary/aromatic N) is 1. The zero-order chi connectivity index (χ0) is 30.5. The monoisotopic (exact) mass is 580 g/mol. The molecule has 0 saturated carbocycles. The molecule has 0 aliphatic rings. The van der Waals surface area contributed by atoms with E-state index in [-0.39, 0.29) is 18.1 Å². The summed E-state index contributed by atoms with van der Waals surface area (Å²) in [5, 5.41) is 0. The van der Waals surface area contributed by atoms with Gasteiger partial charge in [0.05, 0.1) is 26.8 Å². The molecule has 0 bridgehead atoms. The van der Waals surface area contributed by atoms with Gasteiger partial charge in [-0.1, -0.05) is 127 Å². The van der Waals surface area contributed by atoms with E-state index in [2.05, 4.69) is 77.3 Å².